The summed E-state index contributed by atoms with van der Waals surface area (Å²) in [5.41, 5.74) is 0. The lowest BCUT2D eigenvalue weighted by molar-refractivity contribution is -0.127. The summed E-state index contributed by atoms with van der Waals surface area (Å²) < 4.78 is 0. The molecule has 2 amide bonds. The molecule has 0 aromatic heterocycles. The first-order valence-corrected chi connectivity index (χ1v) is 3.85. The number of unbranched alkanes of at least 4 members (excludes halogenated alkanes) is 2. The second kappa shape index (κ2) is 11.9. The van der Waals surface area contributed by atoms with E-state index in [1.54, 1.807) is 0 Å². The molecular weight excluding hydrogens is 142 g/mol. The maximum absolute atomic E-state index is 9.43. The molecule has 3 heteroatoms. The number of amides is 2. The molecule has 3 nitrogen and oxygen atoms in total. The van der Waals surface area contributed by atoms with Crippen LogP contribution in [0.25, 0.3) is 0 Å². The Hall–Kier alpha value is -0.860. The van der Waals surface area contributed by atoms with Gasteiger partial charge in [0.05, 0.1) is 0 Å². The van der Waals surface area contributed by atoms with Crippen molar-refractivity contribution in [3.05, 3.63) is 0 Å². The summed E-state index contributed by atoms with van der Waals surface area (Å²) in [5.74, 6) is 0. The van der Waals surface area contributed by atoms with Gasteiger partial charge in [0.1, 0.15) is 0 Å². The Morgan fingerprint density at radius 1 is 1.09 bits per heavy atom. The first-order chi connectivity index (χ1) is 5.22. The number of nitrogens with zero attached hydrogens (tertiary/aromatic N) is 1. The Bertz CT molecular complexity index is 84.1. The van der Waals surface area contributed by atoms with Gasteiger partial charge in [-0.1, -0.05) is 33.1 Å². The van der Waals surface area contributed by atoms with Gasteiger partial charge in [0.15, 0.2) is 0 Å². The summed E-state index contributed by atoms with van der Waals surface area (Å²) in [5, 5.41) is 0. The van der Waals surface area contributed by atoms with Crippen LogP contribution in [0.3, 0.4) is 0 Å². The molecule has 0 saturated heterocycles. The summed E-state index contributed by atoms with van der Waals surface area (Å²) in [7, 11) is 1.38. The van der Waals surface area contributed by atoms with Crippen LogP contribution in [0, 0.1) is 0 Å². The minimum atomic E-state index is 0.438. The smallest absolute Gasteiger partial charge is 0.215 e. The van der Waals surface area contributed by atoms with Crippen molar-refractivity contribution in [3.8, 4) is 0 Å². The van der Waals surface area contributed by atoms with Gasteiger partial charge in [-0.15, -0.1) is 0 Å². The van der Waals surface area contributed by atoms with Crippen molar-refractivity contribution in [2.75, 3.05) is 7.05 Å². The van der Waals surface area contributed by atoms with Crippen molar-refractivity contribution >= 4 is 12.8 Å². The molecule has 11 heavy (non-hydrogen) atoms. The lowest BCUT2D eigenvalue weighted by Crippen LogP contribution is -2.11. The molecule has 0 aromatic rings. The molecule has 0 saturated carbocycles. The standard InChI is InChI=1S/C5H12.C3H5NO2/c1-3-5-4-2;1-4(2-5)3-6/h3-5H2,1-2H3;2-3H,1H3. The van der Waals surface area contributed by atoms with E-state index in [4.69, 9.17) is 0 Å². The summed E-state index contributed by atoms with van der Waals surface area (Å²) in [4.78, 5) is 19.8. The zero-order valence-corrected chi connectivity index (χ0v) is 7.54. The predicted octanol–water partition coefficient (Wildman–Crippen LogP) is 1.43. The molecule has 66 valence electrons. The van der Waals surface area contributed by atoms with Gasteiger partial charge < -0.3 is 0 Å². The first-order valence-electron chi connectivity index (χ1n) is 3.85. The Morgan fingerprint density at radius 3 is 1.45 bits per heavy atom. The summed E-state index contributed by atoms with van der Waals surface area (Å²) in [6.07, 6.45) is 4.95. The Morgan fingerprint density at radius 2 is 1.45 bits per heavy atom. The summed E-state index contributed by atoms with van der Waals surface area (Å²) >= 11 is 0. The van der Waals surface area contributed by atoms with Crippen molar-refractivity contribution in [2.45, 2.75) is 33.1 Å². The summed E-state index contributed by atoms with van der Waals surface area (Å²) in [6.45, 7) is 4.42. The van der Waals surface area contributed by atoms with Gasteiger partial charge in [0.2, 0.25) is 12.8 Å². The van der Waals surface area contributed by atoms with E-state index in [1.807, 2.05) is 0 Å². The number of hydrogen-bond acceptors (Lipinski definition) is 2. The molecular formula is C8H17NO2. The maximum atomic E-state index is 9.43. The highest BCUT2D eigenvalue weighted by Gasteiger charge is 1.79. The Labute approximate surface area is 68.4 Å². The fourth-order valence-electron chi connectivity index (χ4n) is 0.378. The highest BCUT2D eigenvalue weighted by Crippen LogP contribution is 1.88. The van der Waals surface area contributed by atoms with E-state index >= 15 is 0 Å². The minimum absolute atomic E-state index is 0.438. The predicted molar refractivity (Wildman–Crippen MR) is 45.1 cm³/mol. The van der Waals surface area contributed by atoms with Gasteiger partial charge in [-0.2, -0.15) is 0 Å². The van der Waals surface area contributed by atoms with Crippen LogP contribution in [0.4, 0.5) is 0 Å². The van der Waals surface area contributed by atoms with E-state index in [1.165, 1.54) is 26.3 Å². The van der Waals surface area contributed by atoms with Crippen molar-refractivity contribution in [2.24, 2.45) is 0 Å². The maximum Gasteiger partial charge on any atom is 0.215 e. The molecule has 0 atom stereocenters. The lowest BCUT2D eigenvalue weighted by atomic mass is 10.3. The number of imide groups is 1. The van der Waals surface area contributed by atoms with E-state index in [0.29, 0.717) is 12.8 Å². The minimum Gasteiger partial charge on any atom is -0.291 e. The number of hydrogen-bond donors (Lipinski definition) is 0. The third-order valence-corrected chi connectivity index (χ3v) is 1.04. The molecule has 0 bridgehead atoms. The molecule has 0 spiro atoms. The van der Waals surface area contributed by atoms with E-state index < -0.39 is 0 Å². The van der Waals surface area contributed by atoms with Crippen molar-refractivity contribution in [1.82, 2.24) is 4.90 Å². The van der Waals surface area contributed by atoms with Crippen LogP contribution >= 0.6 is 0 Å². The highest BCUT2D eigenvalue weighted by molar-refractivity contribution is 5.67. The van der Waals surface area contributed by atoms with Crippen LogP contribution in [0.1, 0.15) is 33.1 Å². The SMILES string of the molecule is CCCCC.CN(C=O)C=O. The second-order valence-corrected chi connectivity index (χ2v) is 2.23. The highest BCUT2D eigenvalue weighted by atomic mass is 16.2. The molecule has 0 heterocycles. The van der Waals surface area contributed by atoms with Gasteiger partial charge in [-0.05, 0) is 0 Å². The summed E-state index contributed by atoms with van der Waals surface area (Å²) in [6, 6.07) is 0. The van der Waals surface area contributed by atoms with Crippen LogP contribution < -0.4 is 0 Å². The van der Waals surface area contributed by atoms with Crippen molar-refractivity contribution in [3.63, 3.8) is 0 Å². The topological polar surface area (TPSA) is 37.4 Å². The second-order valence-electron chi connectivity index (χ2n) is 2.23. The van der Waals surface area contributed by atoms with Gasteiger partial charge >= 0.3 is 0 Å². The molecule has 0 unspecified atom stereocenters. The average molecular weight is 159 g/mol. The van der Waals surface area contributed by atoms with E-state index in [-0.39, 0.29) is 0 Å². The van der Waals surface area contributed by atoms with Gasteiger partial charge in [-0.3, -0.25) is 14.5 Å². The molecule has 0 aliphatic rings. The molecule has 0 radical (unpaired) electrons. The third kappa shape index (κ3) is 17.6. The largest absolute Gasteiger partial charge is 0.291 e. The number of rotatable bonds is 4. The van der Waals surface area contributed by atoms with Gasteiger partial charge in [0, 0.05) is 7.05 Å². The third-order valence-electron chi connectivity index (χ3n) is 1.04. The fourth-order valence-corrected chi connectivity index (χ4v) is 0.378. The number of carbonyl (C=O) groups excluding carboxylic acids is 2. The Balaban J connectivity index is 0. The zero-order valence-electron chi connectivity index (χ0n) is 7.54. The first kappa shape index (κ1) is 12.8. The van der Waals surface area contributed by atoms with Crippen LogP contribution in [0.15, 0.2) is 0 Å². The fraction of sp³-hybridized carbons (Fsp3) is 0.750. The molecule has 0 aliphatic heterocycles. The average Bonchev–Trinajstić information content (AvgIpc) is 2.06. The van der Waals surface area contributed by atoms with Crippen LogP contribution in [0.5, 0.6) is 0 Å². The molecule has 0 N–H and O–H groups in total. The monoisotopic (exact) mass is 159 g/mol. The van der Waals surface area contributed by atoms with Crippen LogP contribution in [0.2, 0.25) is 0 Å². The Kier molecular flexibility index (Phi) is 13.8. The number of carbonyl (C=O) groups is 2. The lowest BCUT2D eigenvalue weighted by Gasteiger charge is -1.91. The van der Waals surface area contributed by atoms with E-state index in [9.17, 15) is 9.59 Å². The zero-order chi connectivity index (χ0) is 9.11. The van der Waals surface area contributed by atoms with Crippen molar-refractivity contribution in [1.29, 1.82) is 0 Å². The van der Waals surface area contributed by atoms with E-state index in [0.717, 1.165) is 4.90 Å². The van der Waals surface area contributed by atoms with Crippen LogP contribution in [-0.4, -0.2) is 24.8 Å². The molecule has 0 rings (SSSR count). The molecule has 0 aliphatic carbocycles. The van der Waals surface area contributed by atoms with Gasteiger partial charge in [-0.25, -0.2) is 0 Å². The van der Waals surface area contributed by atoms with Gasteiger partial charge in [0.25, 0.3) is 0 Å². The van der Waals surface area contributed by atoms with Crippen molar-refractivity contribution < 1.29 is 9.59 Å². The normalized spacial score (nSPS) is 7.55. The van der Waals surface area contributed by atoms with E-state index in [2.05, 4.69) is 13.8 Å². The molecule has 0 aromatic carbocycles. The molecule has 0 fully saturated rings. The quantitative estimate of drug-likeness (QED) is 0.582. The van der Waals surface area contributed by atoms with Crippen LogP contribution in [-0.2, 0) is 9.59 Å².